The molecular weight excluding hydrogens is 256 g/mol. The van der Waals surface area contributed by atoms with Crippen molar-refractivity contribution < 1.29 is 0 Å². The maximum Gasteiger partial charge on any atom is 0.0636 e. The number of hydrogen-bond acceptors (Lipinski definition) is 2. The number of aryl methyl sites for hydroxylation is 2. The summed E-state index contributed by atoms with van der Waals surface area (Å²) in [7, 11) is 0. The first-order valence-electron chi connectivity index (χ1n) is 5.81. The molecule has 0 unspecified atom stereocenters. The van der Waals surface area contributed by atoms with E-state index in [-0.39, 0.29) is 0 Å². The van der Waals surface area contributed by atoms with Gasteiger partial charge in [-0.25, -0.2) is 0 Å². The molecule has 0 aromatic heterocycles. The third-order valence-electron chi connectivity index (χ3n) is 3.01. The van der Waals surface area contributed by atoms with Gasteiger partial charge in [-0.1, -0.05) is 73.0 Å². The van der Waals surface area contributed by atoms with E-state index >= 15 is 0 Å². The topological polar surface area (TPSA) is 0 Å². The van der Waals surface area contributed by atoms with Crippen LogP contribution in [0.15, 0.2) is 48.5 Å². The van der Waals surface area contributed by atoms with Crippen LogP contribution in [0.2, 0.25) is 0 Å². The second-order valence-corrected chi connectivity index (χ2v) is 5.14. The van der Waals surface area contributed by atoms with E-state index in [1.807, 2.05) is 36.4 Å². The lowest BCUT2D eigenvalue weighted by Gasteiger charge is -2.08. The molecule has 0 spiro atoms. The third-order valence-corrected chi connectivity index (χ3v) is 4.02. The van der Waals surface area contributed by atoms with Crippen molar-refractivity contribution in [3.8, 4) is 0 Å². The highest BCUT2D eigenvalue weighted by atomic mass is 32.1. The minimum absolute atomic E-state index is 0.744. The van der Waals surface area contributed by atoms with Crippen LogP contribution in [0.5, 0.6) is 0 Å². The molecular formula is C16H14S2. The summed E-state index contributed by atoms with van der Waals surface area (Å²) in [4.78, 5) is 1.49. The van der Waals surface area contributed by atoms with Crippen molar-refractivity contribution in [3.05, 3.63) is 70.8 Å². The van der Waals surface area contributed by atoms with Crippen LogP contribution in [0, 0.1) is 13.8 Å². The minimum atomic E-state index is 0.744. The lowest BCUT2D eigenvalue weighted by molar-refractivity contribution is 1.34. The van der Waals surface area contributed by atoms with Gasteiger partial charge in [0.15, 0.2) is 0 Å². The standard InChI is InChI=1S/C16H14S2/c1-11-8-9-14(10-12(11)2)16(18)15(17)13-6-4-3-5-7-13/h3-10H,1-2H3. The fourth-order valence-corrected chi connectivity index (χ4v) is 2.23. The molecule has 0 amide bonds. The Hall–Kier alpha value is -1.38. The first kappa shape index (κ1) is 13.1. The molecule has 90 valence electrons. The average molecular weight is 270 g/mol. The van der Waals surface area contributed by atoms with Crippen LogP contribution in [-0.4, -0.2) is 9.73 Å². The molecule has 0 bridgehead atoms. The fourth-order valence-electron chi connectivity index (χ4n) is 1.73. The van der Waals surface area contributed by atoms with Gasteiger partial charge in [-0.2, -0.15) is 0 Å². The Morgan fingerprint density at radius 3 is 1.94 bits per heavy atom. The van der Waals surface area contributed by atoms with Crippen molar-refractivity contribution in [3.63, 3.8) is 0 Å². The summed E-state index contributed by atoms with van der Waals surface area (Å²) in [6.07, 6.45) is 0. The van der Waals surface area contributed by atoms with Crippen LogP contribution in [-0.2, 0) is 0 Å². The third kappa shape index (κ3) is 2.71. The Morgan fingerprint density at radius 2 is 1.33 bits per heavy atom. The Morgan fingerprint density at radius 1 is 0.722 bits per heavy atom. The molecule has 18 heavy (non-hydrogen) atoms. The molecule has 0 saturated heterocycles. The highest BCUT2D eigenvalue weighted by Gasteiger charge is 2.10. The van der Waals surface area contributed by atoms with Crippen molar-refractivity contribution in [2.45, 2.75) is 13.8 Å². The molecule has 2 rings (SSSR count). The molecule has 0 aliphatic heterocycles. The van der Waals surface area contributed by atoms with E-state index in [1.165, 1.54) is 11.1 Å². The number of thiocarbonyl (C=S) groups is 2. The maximum atomic E-state index is 5.49. The zero-order valence-corrected chi connectivity index (χ0v) is 12.1. The zero-order chi connectivity index (χ0) is 13.1. The Balaban J connectivity index is 2.32. The van der Waals surface area contributed by atoms with Gasteiger partial charge in [-0.15, -0.1) is 0 Å². The van der Waals surface area contributed by atoms with E-state index in [9.17, 15) is 0 Å². The van der Waals surface area contributed by atoms with Crippen molar-refractivity contribution in [1.29, 1.82) is 0 Å². The summed E-state index contributed by atoms with van der Waals surface area (Å²) in [6.45, 7) is 4.19. The molecule has 0 heterocycles. The Labute approximate surface area is 119 Å². The summed E-state index contributed by atoms with van der Waals surface area (Å²) in [6, 6.07) is 16.2. The molecule has 0 N–H and O–H groups in total. The summed E-state index contributed by atoms with van der Waals surface area (Å²) < 4.78 is 0. The molecule has 0 atom stereocenters. The Bertz CT molecular complexity index is 598. The van der Waals surface area contributed by atoms with Gasteiger partial charge in [0, 0.05) is 0 Å². The molecule has 0 fully saturated rings. The maximum absolute atomic E-state index is 5.49. The van der Waals surface area contributed by atoms with Gasteiger partial charge in [-0.3, -0.25) is 0 Å². The molecule has 2 aromatic rings. The predicted molar refractivity (Wildman–Crippen MR) is 85.8 cm³/mol. The van der Waals surface area contributed by atoms with Crippen molar-refractivity contribution in [2.75, 3.05) is 0 Å². The average Bonchev–Trinajstić information content (AvgIpc) is 2.41. The highest BCUT2D eigenvalue weighted by Crippen LogP contribution is 2.14. The van der Waals surface area contributed by atoms with Crippen LogP contribution in [0.25, 0.3) is 0 Å². The van der Waals surface area contributed by atoms with Crippen molar-refractivity contribution in [1.82, 2.24) is 0 Å². The van der Waals surface area contributed by atoms with Gasteiger partial charge in [0.05, 0.1) is 9.73 Å². The van der Waals surface area contributed by atoms with Crippen LogP contribution in [0.3, 0.4) is 0 Å². The van der Waals surface area contributed by atoms with E-state index in [4.69, 9.17) is 24.4 Å². The van der Waals surface area contributed by atoms with Crippen LogP contribution in [0.1, 0.15) is 22.3 Å². The summed E-state index contributed by atoms with van der Waals surface area (Å²) in [5.74, 6) is 0. The first-order chi connectivity index (χ1) is 8.59. The van der Waals surface area contributed by atoms with Gasteiger partial charge >= 0.3 is 0 Å². The smallest absolute Gasteiger partial charge is 0.0636 e. The zero-order valence-electron chi connectivity index (χ0n) is 10.4. The first-order valence-corrected chi connectivity index (χ1v) is 6.62. The predicted octanol–water partition coefficient (Wildman–Crippen LogP) is 4.44. The molecule has 2 aromatic carbocycles. The van der Waals surface area contributed by atoms with Gasteiger partial charge in [0.1, 0.15) is 0 Å². The van der Waals surface area contributed by atoms with E-state index in [1.54, 1.807) is 0 Å². The molecule has 0 saturated carbocycles. The monoisotopic (exact) mass is 270 g/mol. The normalized spacial score (nSPS) is 10.1. The van der Waals surface area contributed by atoms with E-state index in [0.29, 0.717) is 0 Å². The van der Waals surface area contributed by atoms with E-state index < -0.39 is 0 Å². The highest BCUT2D eigenvalue weighted by molar-refractivity contribution is 7.90. The molecule has 0 nitrogen and oxygen atoms in total. The second-order valence-electron chi connectivity index (χ2n) is 4.32. The quantitative estimate of drug-likeness (QED) is 0.597. The van der Waals surface area contributed by atoms with Crippen molar-refractivity contribution in [2.24, 2.45) is 0 Å². The Kier molecular flexibility index (Phi) is 4.00. The molecule has 0 radical (unpaired) electrons. The van der Waals surface area contributed by atoms with Gasteiger partial charge in [-0.05, 0) is 36.1 Å². The van der Waals surface area contributed by atoms with Crippen molar-refractivity contribution >= 4 is 34.2 Å². The number of benzene rings is 2. The van der Waals surface area contributed by atoms with Gasteiger partial charge < -0.3 is 0 Å². The fraction of sp³-hybridized carbons (Fsp3) is 0.125. The minimum Gasteiger partial charge on any atom is -0.0778 e. The van der Waals surface area contributed by atoms with Crippen LogP contribution in [0.4, 0.5) is 0 Å². The summed E-state index contributed by atoms with van der Waals surface area (Å²) in [5.41, 5.74) is 4.55. The van der Waals surface area contributed by atoms with Crippen LogP contribution >= 0.6 is 24.4 Å². The number of rotatable bonds is 3. The van der Waals surface area contributed by atoms with Gasteiger partial charge in [0.25, 0.3) is 0 Å². The molecule has 0 aliphatic rings. The molecule has 2 heteroatoms. The SMILES string of the molecule is Cc1ccc(C(=S)C(=S)c2ccccc2)cc1C. The van der Waals surface area contributed by atoms with E-state index in [2.05, 4.69) is 26.0 Å². The summed E-state index contributed by atoms with van der Waals surface area (Å²) in [5, 5.41) is 0. The summed E-state index contributed by atoms with van der Waals surface area (Å²) >= 11 is 10.9. The largest absolute Gasteiger partial charge is 0.0778 e. The lowest BCUT2D eigenvalue weighted by Crippen LogP contribution is -2.12. The van der Waals surface area contributed by atoms with E-state index in [0.717, 1.165) is 20.9 Å². The molecule has 0 aliphatic carbocycles. The number of hydrogen-bond donors (Lipinski definition) is 0. The second kappa shape index (κ2) is 5.51. The lowest BCUT2D eigenvalue weighted by atomic mass is 10.00. The van der Waals surface area contributed by atoms with Gasteiger partial charge in [0.2, 0.25) is 0 Å². The van der Waals surface area contributed by atoms with Crippen LogP contribution < -0.4 is 0 Å².